The first-order valence-electron chi connectivity index (χ1n) is 7.54. The summed E-state index contributed by atoms with van der Waals surface area (Å²) >= 11 is 0. The van der Waals surface area contributed by atoms with Crippen LogP contribution in [0.5, 0.6) is 11.6 Å². The Morgan fingerprint density at radius 3 is 2.58 bits per heavy atom. The van der Waals surface area contributed by atoms with Crippen molar-refractivity contribution in [3.63, 3.8) is 0 Å². The first-order chi connectivity index (χ1) is 11.4. The minimum Gasteiger partial charge on any atom is -0.494 e. The lowest BCUT2D eigenvalue weighted by Gasteiger charge is -2.10. The van der Waals surface area contributed by atoms with Crippen molar-refractivity contribution in [3.05, 3.63) is 60.3 Å². The molecule has 0 aliphatic heterocycles. The van der Waals surface area contributed by atoms with Gasteiger partial charge in [0.1, 0.15) is 5.75 Å². The molecule has 1 N–H and O–H groups in total. The first-order valence-corrected chi connectivity index (χ1v) is 7.54. The molecule has 1 aromatic heterocycles. The van der Waals surface area contributed by atoms with E-state index in [4.69, 9.17) is 0 Å². The van der Waals surface area contributed by atoms with Gasteiger partial charge in [0.15, 0.2) is 5.88 Å². The SMILES string of the molecule is Oc1c2ccccc2cn1CCCc1cccc(OC(F)(F)F)c1. The molecule has 126 valence electrons. The molecule has 0 spiro atoms. The molecule has 0 saturated carbocycles. The summed E-state index contributed by atoms with van der Waals surface area (Å²) in [5.74, 6) is -0.00527. The number of aryl methyl sites for hydroxylation is 2. The summed E-state index contributed by atoms with van der Waals surface area (Å²) in [5, 5.41) is 11.9. The highest BCUT2D eigenvalue weighted by Gasteiger charge is 2.31. The van der Waals surface area contributed by atoms with Gasteiger partial charge >= 0.3 is 6.36 Å². The number of fused-ring (bicyclic) bond motifs is 1. The summed E-state index contributed by atoms with van der Waals surface area (Å²) in [6, 6.07) is 13.5. The van der Waals surface area contributed by atoms with E-state index in [9.17, 15) is 18.3 Å². The van der Waals surface area contributed by atoms with E-state index in [1.807, 2.05) is 30.5 Å². The van der Waals surface area contributed by atoms with Crippen molar-refractivity contribution in [3.8, 4) is 11.6 Å². The molecule has 0 saturated heterocycles. The summed E-state index contributed by atoms with van der Waals surface area (Å²) in [5.41, 5.74) is 0.757. The van der Waals surface area contributed by atoms with E-state index < -0.39 is 6.36 Å². The van der Waals surface area contributed by atoms with E-state index >= 15 is 0 Å². The maximum absolute atomic E-state index is 12.2. The molecular weight excluding hydrogens is 319 g/mol. The van der Waals surface area contributed by atoms with Gasteiger partial charge in [0.05, 0.1) is 0 Å². The average molecular weight is 335 g/mol. The molecule has 3 rings (SSSR count). The van der Waals surface area contributed by atoms with E-state index in [1.54, 1.807) is 10.6 Å². The van der Waals surface area contributed by atoms with Crippen LogP contribution in [0.4, 0.5) is 13.2 Å². The van der Waals surface area contributed by atoms with Crippen LogP contribution in [-0.2, 0) is 13.0 Å². The lowest BCUT2D eigenvalue weighted by atomic mass is 10.1. The third kappa shape index (κ3) is 3.82. The molecule has 0 amide bonds. The molecule has 24 heavy (non-hydrogen) atoms. The number of rotatable bonds is 5. The molecule has 3 aromatic rings. The van der Waals surface area contributed by atoms with Gasteiger partial charge in [-0.1, -0.05) is 30.3 Å². The lowest BCUT2D eigenvalue weighted by molar-refractivity contribution is -0.274. The standard InChI is InChI=1S/C18H16F3NO2/c19-18(20,21)24-15-8-3-5-13(11-15)6-4-10-22-12-14-7-1-2-9-16(14)17(22)23/h1-3,5,7-9,11-12,23H,4,6,10H2. The highest BCUT2D eigenvalue weighted by atomic mass is 19.4. The molecular formula is C18H16F3NO2. The van der Waals surface area contributed by atoms with Crippen molar-refractivity contribution in [2.24, 2.45) is 0 Å². The molecule has 0 bridgehead atoms. The van der Waals surface area contributed by atoms with Crippen LogP contribution >= 0.6 is 0 Å². The van der Waals surface area contributed by atoms with Crippen molar-refractivity contribution in [2.75, 3.05) is 0 Å². The summed E-state index contributed by atoms with van der Waals surface area (Å²) in [6.07, 6.45) is -1.55. The van der Waals surface area contributed by atoms with Crippen LogP contribution in [0, 0.1) is 0 Å². The summed E-state index contributed by atoms with van der Waals surface area (Å²) in [4.78, 5) is 0. The van der Waals surface area contributed by atoms with Crippen molar-refractivity contribution in [1.82, 2.24) is 4.57 Å². The van der Waals surface area contributed by atoms with Gasteiger partial charge < -0.3 is 14.4 Å². The molecule has 0 fully saturated rings. The molecule has 0 unspecified atom stereocenters. The fourth-order valence-corrected chi connectivity index (χ4v) is 2.72. The smallest absolute Gasteiger partial charge is 0.494 e. The van der Waals surface area contributed by atoms with Gasteiger partial charge in [-0.25, -0.2) is 0 Å². The number of hydrogen-bond donors (Lipinski definition) is 1. The predicted molar refractivity (Wildman–Crippen MR) is 85.0 cm³/mol. The zero-order chi connectivity index (χ0) is 17.2. The number of aromatic hydroxyl groups is 1. The Kier molecular flexibility index (Phi) is 4.38. The molecule has 2 aromatic carbocycles. The molecule has 6 heteroatoms. The van der Waals surface area contributed by atoms with Crippen LogP contribution < -0.4 is 4.74 Å². The minimum absolute atomic E-state index is 0.208. The Morgan fingerprint density at radius 1 is 1.04 bits per heavy atom. The molecule has 3 nitrogen and oxygen atoms in total. The zero-order valence-corrected chi connectivity index (χ0v) is 12.8. The van der Waals surface area contributed by atoms with Crippen molar-refractivity contribution < 1.29 is 23.0 Å². The summed E-state index contributed by atoms with van der Waals surface area (Å²) in [7, 11) is 0. The number of ether oxygens (including phenoxy) is 1. The van der Waals surface area contributed by atoms with Gasteiger partial charge in [-0.2, -0.15) is 0 Å². The topological polar surface area (TPSA) is 34.4 Å². The van der Waals surface area contributed by atoms with Gasteiger partial charge in [0, 0.05) is 23.5 Å². The molecule has 0 aliphatic rings. The maximum Gasteiger partial charge on any atom is 0.573 e. The van der Waals surface area contributed by atoms with Crippen LogP contribution in [0.25, 0.3) is 10.8 Å². The molecule has 1 heterocycles. The Labute approximate surface area is 136 Å². The van der Waals surface area contributed by atoms with Crippen LogP contribution in [0.15, 0.2) is 54.7 Å². The van der Waals surface area contributed by atoms with Gasteiger partial charge in [-0.3, -0.25) is 0 Å². The fraction of sp³-hybridized carbons (Fsp3) is 0.222. The van der Waals surface area contributed by atoms with Crippen LogP contribution in [-0.4, -0.2) is 16.0 Å². The van der Waals surface area contributed by atoms with Crippen LogP contribution in [0.3, 0.4) is 0 Å². The number of halogens is 3. The van der Waals surface area contributed by atoms with Gasteiger partial charge in [-0.15, -0.1) is 13.2 Å². The summed E-state index contributed by atoms with van der Waals surface area (Å²) < 4.78 is 42.4. The minimum atomic E-state index is -4.68. The lowest BCUT2D eigenvalue weighted by Crippen LogP contribution is -2.17. The Morgan fingerprint density at radius 2 is 1.83 bits per heavy atom. The third-order valence-electron chi connectivity index (χ3n) is 3.77. The number of aromatic nitrogens is 1. The Balaban J connectivity index is 1.63. The maximum atomic E-state index is 12.2. The fourth-order valence-electron chi connectivity index (χ4n) is 2.72. The number of hydrogen-bond acceptors (Lipinski definition) is 2. The zero-order valence-electron chi connectivity index (χ0n) is 12.8. The van der Waals surface area contributed by atoms with Crippen molar-refractivity contribution in [2.45, 2.75) is 25.7 Å². The third-order valence-corrected chi connectivity index (χ3v) is 3.77. The molecule has 0 atom stereocenters. The second-order valence-electron chi connectivity index (χ2n) is 5.53. The molecule has 0 aliphatic carbocycles. The van der Waals surface area contributed by atoms with E-state index in [0.29, 0.717) is 19.4 Å². The summed E-state index contributed by atoms with van der Waals surface area (Å²) in [6.45, 7) is 0.574. The Hall–Kier alpha value is -2.63. The monoisotopic (exact) mass is 335 g/mol. The van der Waals surface area contributed by atoms with Gasteiger partial charge in [-0.05, 0) is 36.6 Å². The van der Waals surface area contributed by atoms with Gasteiger partial charge in [0.2, 0.25) is 0 Å². The van der Waals surface area contributed by atoms with E-state index in [1.165, 1.54) is 18.2 Å². The van der Waals surface area contributed by atoms with Crippen molar-refractivity contribution >= 4 is 10.8 Å². The first kappa shape index (κ1) is 16.2. The number of alkyl halides is 3. The Bertz CT molecular complexity index is 840. The molecule has 0 radical (unpaired) electrons. The highest BCUT2D eigenvalue weighted by Crippen LogP contribution is 2.27. The number of benzene rings is 2. The average Bonchev–Trinajstić information content (AvgIpc) is 2.83. The number of nitrogens with zero attached hydrogens (tertiary/aromatic N) is 1. The van der Waals surface area contributed by atoms with E-state index in [-0.39, 0.29) is 11.6 Å². The highest BCUT2D eigenvalue weighted by molar-refractivity contribution is 5.87. The van der Waals surface area contributed by atoms with E-state index in [2.05, 4.69) is 4.74 Å². The predicted octanol–water partition coefficient (Wildman–Crippen LogP) is 4.88. The normalized spacial score (nSPS) is 11.8. The van der Waals surface area contributed by atoms with Gasteiger partial charge in [0.25, 0.3) is 0 Å². The van der Waals surface area contributed by atoms with Crippen LogP contribution in [0.1, 0.15) is 12.0 Å². The van der Waals surface area contributed by atoms with Crippen LogP contribution in [0.2, 0.25) is 0 Å². The van der Waals surface area contributed by atoms with E-state index in [0.717, 1.165) is 16.3 Å². The second-order valence-corrected chi connectivity index (χ2v) is 5.53. The van der Waals surface area contributed by atoms with Crippen molar-refractivity contribution in [1.29, 1.82) is 0 Å². The second kappa shape index (κ2) is 6.47. The largest absolute Gasteiger partial charge is 0.573 e. The quantitative estimate of drug-likeness (QED) is 0.721.